The third kappa shape index (κ3) is 4.08. The second kappa shape index (κ2) is 7.74. The summed E-state index contributed by atoms with van der Waals surface area (Å²) in [5.74, 6) is 0.798. The van der Waals surface area contributed by atoms with Crippen LogP contribution in [0.5, 0.6) is 0 Å². The summed E-state index contributed by atoms with van der Waals surface area (Å²) in [5, 5.41) is 13.0. The molecule has 136 valence electrons. The molecule has 6 nitrogen and oxygen atoms in total. The van der Waals surface area contributed by atoms with Crippen LogP contribution in [-0.2, 0) is 0 Å². The third-order valence-electron chi connectivity index (χ3n) is 4.65. The first-order chi connectivity index (χ1) is 13.2. The lowest BCUT2D eigenvalue weighted by molar-refractivity contribution is 0.313. The van der Waals surface area contributed by atoms with Crippen molar-refractivity contribution in [2.24, 2.45) is 0 Å². The van der Waals surface area contributed by atoms with Crippen LogP contribution in [0.1, 0.15) is 5.56 Å². The quantitative estimate of drug-likeness (QED) is 0.751. The number of pyridine rings is 1. The molecule has 4 rings (SSSR count). The van der Waals surface area contributed by atoms with Crippen molar-refractivity contribution < 1.29 is 0 Å². The van der Waals surface area contributed by atoms with Gasteiger partial charge in [0.1, 0.15) is 5.82 Å². The van der Waals surface area contributed by atoms with E-state index in [1.807, 2.05) is 36.7 Å². The zero-order chi connectivity index (χ0) is 18.6. The molecule has 0 spiro atoms. The van der Waals surface area contributed by atoms with Gasteiger partial charge in [-0.15, -0.1) is 0 Å². The number of anilines is 3. The maximum Gasteiger partial charge on any atom is 0.188 e. The molecule has 0 saturated carbocycles. The highest BCUT2D eigenvalue weighted by atomic mass is 32.1. The van der Waals surface area contributed by atoms with E-state index in [-0.39, 0.29) is 0 Å². The first-order valence-corrected chi connectivity index (χ1v) is 9.66. The van der Waals surface area contributed by atoms with Gasteiger partial charge in [0.05, 0.1) is 16.5 Å². The van der Waals surface area contributed by atoms with Crippen molar-refractivity contribution in [1.29, 1.82) is 5.26 Å². The predicted octanol–water partition coefficient (Wildman–Crippen LogP) is 3.57. The predicted molar refractivity (Wildman–Crippen MR) is 109 cm³/mol. The molecule has 1 aliphatic rings. The van der Waals surface area contributed by atoms with Gasteiger partial charge in [-0.2, -0.15) is 5.26 Å². The highest BCUT2D eigenvalue weighted by Crippen LogP contribution is 2.31. The fourth-order valence-electron chi connectivity index (χ4n) is 3.03. The summed E-state index contributed by atoms with van der Waals surface area (Å²) in [6.07, 6.45) is 3.68. The number of benzene rings is 1. The van der Waals surface area contributed by atoms with Gasteiger partial charge < -0.3 is 15.1 Å². The Balaban J connectivity index is 1.47. The Bertz CT molecular complexity index is 951. The van der Waals surface area contributed by atoms with E-state index in [4.69, 9.17) is 5.26 Å². The van der Waals surface area contributed by atoms with Crippen molar-refractivity contribution in [3.63, 3.8) is 0 Å². The number of hydrogen-bond donors (Lipinski definition) is 1. The molecular formula is C20H20N6S. The Hall–Kier alpha value is -2.95. The highest BCUT2D eigenvalue weighted by Gasteiger charge is 2.15. The molecule has 0 unspecified atom stereocenters. The topological polar surface area (TPSA) is 68.1 Å². The van der Waals surface area contributed by atoms with Gasteiger partial charge >= 0.3 is 0 Å². The van der Waals surface area contributed by atoms with Gasteiger partial charge in [-0.25, -0.2) is 9.97 Å². The van der Waals surface area contributed by atoms with Crippen LogP contribution >= 0.6 is 11.3 Å². The fourth-order valence-corrected chi connectivity index (χ4v) is 3.86. The third-order valence-corrected chi connectivity index (χ3v) is 5.61. The molecule has 1 saturated heterocycles. The van der Waals surface area contributed by atoms with Gasteiger partial charge in [-0.05, 0) is 30.8 Å². The Morgan fingerprint density at radius 2 is 1.85 bits per heavy atom. The van der Waals surface area contributed by atoms with E-state index in [0.29, 0.717) is 5.56 Å². The maximum absolute atomic E-state index is 8.91. The van der Waals surface area contributed by atoms with Crippen LogP contribution in [0.3, 0.4) is 0 Å². The number of nitrogens with zero attached hydrogens (tertiary/aromatic N) is 5. The largest absolute Gasteiger partial charge is 0.369 e. The SMILES string of the molecule is CN1CCN(c2ccnc(Nc3ncc(-c4ccc(C#N)cc4)s3)c2)CC1. The number of nitriles is 1. The first kappa shape index (κ1) is 17.5. The summed E-state index contributed by atoms with van der Waals surface area (Å²) >= 11 is 1.57. The number of rotatable bonds is 4. The highest BCUT2D eigenvalue weighted by molar-refractivity contribution is 7.18. The van der Waals surface area contributed by atoms with Crippen molar-refractivity contribution in [3.8, 4) is 16.5 Å². The van der Waals surface area contributed by atoms with Crippen molar-refractivity contribution in [3.05, 3.63) is 54.4 Å². The average Bonchev–Trinajstić information content (AvgIpc) is 3.17. The second-order valence-electron chi connectivity index (χ2n) is 6.53. The van der Waals surface area contributed by atoms with Crippen LogP contribution in [0.2, 0.25) is 0 Å². The minimum absolute atomic E-state index is 0.659. The lowest BCUT2D eigenvalue weighted by Gasteiger charge is -2.34. The summed E-state index contributed by atoms with van der Waals surface area (Å²) in [4.78, 5) is 14.7. The van der Waals surface area contributed by atoms with Crippen molar-refractivity contribution in [2.45, 2.75) is 0 Å². The van der Waals surface area contributed by atoms with E-state index in [1.165, 1.54) is 5.69 Å². The molecule has 1 aromatic carbocycles. The van der Waals surface area contributed by atoms with E-state index >= 15 is 0 Å². The van der Waals surface area contributed by atoms with Crippen LogP contribution < -0.4 is 10.2 Å². The van der Waals surface area contributed by atoms with Crippen LogP contribution in [0.15, 0.2) is 48.8 Å². The summed E-state index contributed by atoms with van der Waals surface area (Å²) in [7, 11) is 2.16. The summed E-state index contributed by atoms with van der Waals surface area (Å²) < 4.78 is 0. The monoisotopic (exact) mass is 376 g/mol. The van der Waals surface area contributed by atoms with E-state index in [0.717, 1.165) is 47.6 Å². The van der Waals surface area contributed by atoms with Gasteiger partial charge in [0.15, 0.2) is 5.13 Å². The van der Waals surface area contributed by atoms with Crippen LogP contribution in [-0.4, -0.2) is 48.1 Å². The number of piperazine rings is 1. The Labute approximate surface area is 162 Å². The molecule has 0 aliphatic carbocycles. The smallest absolute Gasteiger partial charge is 0.188 e. The zero-order valence-corrected chi connectivity index (χ0v) is 15.9. The molecular weight excluding hydrogens is 356 g/mol. The molecule has 0 bridgehead atoms. The van der Waals surface area contributed by atoms with Crippen molar-refractivity contribution >= 4 is 28.0 Å². The molecule has 7 heteroatoms. The molecule has 3 heterocycles. The Morgan fingerprint density at radius 3 is 2.59 bits per heavy atom. The molecule has 0 amide bonds. The van der Waals surface area contributed by atoms with Crippen molar-refractivity contribution in [1.82, 2.24) is 14.9 Å². The summed E-state index contributed by atoms with van der Waals surface area (Å²) in [5.41, 5.74) is 2.90. The molecule has 1 N–H and O–H groups in total. The summed E-state index contributed by atoms with van der Waals surface area (Å²) in [6.45, 7) is 4.21. The van der Waals surface area contributed by atoms with E-state index in [2.05, 4.69) is 50.3 Å². The molecule has 27 heavy (non-hydrogen) atoms. The number of hydrogen-bond acceptors (Lipinski definition) is 7. The Kier molecular flexibility index (Phi) is 5.01. The zero-order valence-electron chi connectivity index (χ0n) is 15.1. The minimum atomic E-state index is 0.659. The first-order valence-electron chi connectivity index (χ1n) is 8.84. The number of aromatic nitrogens is 2. The van der Waals surface area contributed by atoms with Gasteiger partial charge in [-0.1, -0.05) is 23.5 Å². The number of thiazole rings is 1. The molecule has 0 atom stereocenters. The van der Waals surface area contributed by atoms with Gasteiger partial charge in [0, 0.05) is 50.3 Å². The molecule has 3 aromatic rings. The van der Waals surface area contributed by atoms with E-state index < -0.39 is 0 Å². The number of likely N-dealkylation sites (N-methyl/N-ethyl adjacent to an activating group) is 1. The normalized spacial score (nSPS) is 14.7. The average molecular weight is 376 g/mol. The molecule has 0 radical (unpaired) electrons. The second-order valence-corrected chi connectivity index (χ2v) is 7.56. The molecule has 1 fully saturated rings. The van der Waals surface area contributed by atoms with E-state index in [1.54, 1.807) is 11.3 Å². The van der Waals surface area contributed by atoms with Gasteiger partial charge in [0.25, 0.3) is 0 Å². The van der Waals surface area contributed by atoms with Crippen LogP contribution in [0, 0.1) is 11.3 Å². The van der Waals surface area contributed by atoms with Gasteiger partial charge in [-0.3, -0.25) is 0 Å². The Morgan fingerprint density at radius 1 is 1.07 bits per heavy atom. The minimum Gasteiger partial charge on any atom is -0.369 e. The van der Waals surface area contributed by atoms with Crippen LogP contribution in [0.4, 0.5) is 16.6 Å². The fraction of sp³-hybridized carbons (Fsp3) is 0.250. The molecule has 2 aromatic heterocycles. The van der Waals surface area contributed by atoms with E-state index in [9.17, 15) is 0 Å². The molecule has 1 aliphatic heterocycles. The summed E-state index contributed by atoms with van der Waals surface area (Å²) in [6, 6.07) is 13.8. The number of nitrogens with one attached hydrogen (secondary N) is 1. The van der Waals surface area contributed by atoms with Crippen molar-refractivity contribution in [2.75, 3.05) is 43.4 Å². The lowest BCUT2D eigenvalue weighted by Crippen LogP contribution is -2.44. The van der Waals surface area contributed by atoms with Crippen LogP contribution in [0.25, 0.3) is 10.4 Å². The standard InChI is InChI=1S/C20H20N6S/c1-25-8-10-26(11-9-25)17-6-7-22-19(12-17)24-20-23-14-18(27-20)16-4-2-15(13-21)3-5-16/h2-7,12,14H,8-11H2,1H3,(H,22,23,24). The van der Waals surface area contributed by atoms with Gasteiger partial charge in [0.2, 0.25) is 0 Å². The lowest BCUT2D eigenvalue weighted by atomic mass is 10.1. The maximum atomic E-state index is 8.91.